The third kappa shape index (κ3) is 3.15. The maximum Gasteiger partial charge on any atom is 0.253 e. The predicted molar refractivity (Wildman–Crippen MR) is 96.2 cm³/mol. The third-order valence-electron chi connectivity index (χ3n) is 5.83. The van der Waals surface area contributed by atoms with Crippen molar-refractivity contribution in [3.8, 4) is 0 Å². The summed E-state index contributed by atoms with van der Waals surface area (Å²) in [4.78, 5) is 14.8. The van der Waals surface area contributed by atoms with Crippen molar-refractivity contribution in [1.29, 1.82) is 0 Å². The Morgan fingerprint density at radius 1 is 1.19 bits per heavy atom. The van der Waals surface area contributed by atoms with E-state index in [4.69, 9.17) is 10.5 Å². The van der Waals surface area contributed by atoms with Gasteiger partial charge in [0.25, 0.3) is 5.91 Å². The average molecular weight is 379 g/mol. The first-order valence-corrected chi connectivity index (χ1v) is 10.6. The van der Waals surface area contributed by atoms with Gasteiger partial charge in [-0.3, -0.25) is 4.79 Å². The minimum atomic E-state index is -3.61. The molecule has 0 aromatic heterocycles. The van der Waals surface area contributed by atoms with Crippen molar-refractivity contribution in [2.45, 2.75) is 42.2 Å². The van der Waals surface area contributed by atoms with Crippen LogP contribution in [0.1, 0.15) is 36.0 Å². The molecule has 3 aliphatic rings. The molecule has 3 saturated heterocycles. The van der Waals surface area contributed by atoms with Gasteiger partial charge in [0, 0.05) is 37.8 Å². The lowest BCUT2D eigenvalue weighted by Crippen LogP contribution is -2.53. The highest BCUT2D eigenvalue weighted by molar-refractivity contribution is 7.89. The standard InChI is InChI=1S/C18H25N3O4S/c19-15-4-8-21(13-15)26(23,24)16-3-1-2-14(12-16)17(22)20-9-5-18(6-10-20)7-11-25-18/h1-3,12,15H,4-11,13,19H2/t15-/m1/s1. The zero-order valence-corrected chi connectivity index (χ0v) is 15.6. The highest BCUT2D eigenvalue weighted by atomic mass is 32.2. The summed E-state index contributed by atoms with van der Waals surface area (Å²) in [5.41, 5.74) is 6.24. The summed E-state index contributed by atoms with van der Waals surface area (Å²) in [5.74, 6) is -0.116. The Morgan fingerprint density at radius 2 is 1.92 bits per heavy atom. The zero-order chi connectivity index (χ0) is 18.4. The summed E-state index contributed by atoms with van der Waals surface area (Å²) in [7, 11) is -3.61. The summed E-state index contributed by atoms with van der Waals surface area (Å²) in [5, 5.41) is 0. The van der Waals surface area contributed by atoms with E-state index in [9.17, 15) is 13.2 Å². The van der Waals surface area contributed by atoms with Crippen molar-refractivity contribution < 1.29 is 17.9 Å². The molecule has 1 aromatic carbocycles. The number of carbonyl (C=O) groups is 1. The van der Waals surface area contributed by atoms with Gasteiger partial charge in [0.1, 0.15) is 0 Å². The second-order valence-electron chi connectivity index (χ2n) is 7.51. The van der Waals surface area contributed by atoms with Crippen LogP contribution in [0.25, 0.3) is 0 Å². The van der Waals surface area contributed by atoms with Gasteiger partial charge >= 0.3 is 0 Å². The first kappa shape index (κ1) is 17.9. The van der Waals surface area contributed by atoms with Crippen LogP contribution in [-0.2, 0) is 14.8 Å². The van der Waals surface area contributed by atoms with E-state index in [1.807, 2.05) is 0 Å². The number of hydrogen-bond donors (Lipinski definition) is 1. The Labute approximate surface area is 154 Å². The van der Waals surface area contributed by atoms with Gasteiger partial charge in [0.15, 0.2) is 0 Å². The molecule has 7 nitrogen and oxygen atoms in total. The molecule has 0 saturated carbocycles. The van der Waals surface area contributed by atoms with Gasteiger partial charge in [-0.15, -0.1) is 0 Å². The molecule has 1 aromatic rings. The maximum absolute atomic E-state index is 12.8. The molecule has 0 radical (unpaired) electrons. The van der Waals surface area contributed by atoms with Crippen molar-refractivity contribution in [2.24, 2.45) is 5.73 Å². The van der Waals surface area contributed by atoms with E-state index in [-0.39, 0.29) is 22.4 Å². The molecule has 1 spiro atoms. The molecule has 8 heteroatoms. The number of likely N-dealkylation sites (tertiary alicyclic amines) is 1. The molecule has 26 heavy (non-hydrogen) atoms. The summed E-state index contributed by atoms with van der Waals surface area (Å²) < 4.78 is 32.7. The van der Waals surface area contributed by atoms with Crippen molar-refractivity contribution >= 4 is 15.9 Å². The maximum atomic E-state index is 12.8. The summed E-state index contributed by atoms with van der Waals surface area (Å²) in [6.45, 7) is 2.87. The number of nitrogens with two attached hydrogens (primary N) is 1. The molecule has 1 atom stereocenters. The Kier molecular flexibility index (Phi) is 4.54. The van der Waals surface area contributed by atoms with Gasteiger partial charge in [-0.2, -0.15) is 4.31 Å². The van der Waals surface area contributed by atoms with Crippen LogP contribution in [0.15, 0.2) is 29.2 Å². The molecule has 142 valence electrons. The number of piperidine rings is 1. The summed E-state index contributed by atoms with van der Waals surface area (Å²) in [6.07, 6.45) is 3.43. The van der Waals surface area contributed by atoms with E-state index in [0.717, 1.165) is 25.9 Å². The van der Waals surface area contributed by atoms with Gasteiger partial charge in [-0.25, -0.2) is 8.42 Å². The Bertz CT molecular complexity index is 796. The number of hydrogen-bond acceptors (Lipinski definition) is 5. The fraction of sp³-hybridized carbons (Fsp3) is 0.611. The quantitative estimate of drug-likeness (QED) is 0.839. The second-order valence-corrected chi connectivity index (χ2v) is 9.45. The molecule has 2 N–H and O–H groups in total. The van der Waals surface area contributed by atoms with E-state index in [1.54, 1.807) is 23.1 Å². The van der Waals surface area contributed by atoms with Crippen molar-refractivity contribution in [2.75, 3.05) is 32.8 Å². The largest absolute Gasteiger partial charge is 0.375 e. The fourth-order valence-electron chi connectivity index (χ4n) is 4.00. The van der Waals surface area contributed by atoms with E-state index in [2.05, 4.69) is 0 Å². The minimum absolute atomic E-state index is 0.0174. The lowest BCUT2D eigenvalue weighted by molar-refractivity contribution is -0.169. The van der Waals surface area contributed by atoms with Crippen LogP contribution in [0.4, 0.5) is 0 Å². The Morgan fingerprint density at radius 3 is 2.50 bits per heavy atom. The lowest BCUT2D eigenvalue weighted by atomic mass is 9.84. The van der Waals surface area contributed by atoms with Gasteiger partial charge in [0.2, 0.25) is 10.0 Å². The number of sulfonamides is 1. The van der Waals surface area contributed by atoms with E-state index >= 15 is 0 Å². The Balaban J connectivity index is 1.49. The molecular weight excluding hydrogens is 354 g/mol. The molecule has 0 aliphatic carbocycles. The number of benzene rings is 1. The molecular formula is C18H25N3O4S. The summed E-state index contributed by atoms with van der Waals surface area (Å²) in [6, 6.07) is 6.23. The van der Waals surface area contributed by atoms with Crippen LogP contribution in [-0.4, -0.2) is 68.0 Å². The molecule has 0 bridgehead atoms. The van der Waals surface area contributed by atoms with Crippen molar-refractivity contribution in [3.63, 3.8) is 0 Å². The average Bonchev–Trinajstić information content (AvgIpc) is 3.07. The minimum Gasteiger partial charge on any atom is -0.375 e. The van der Waals surface area contributed by atoms with Gasteiger partial charge in [0.05, 0.1) is 17.1 Å². The van der Waals surface area contributed by atoms with Gasteiger partial charge in [-0.05, 0) is 43.9 Å². The number of amides is 1. The topological polar surface area (TPSA) is 92.9 Å². The van der Waals surface area contributed by atoms with E-state index in [1.165, 1.54) is 10.4 Å². The van der Waals surface area contributed by atoms with Crippen molar-refractivity contribution in [3.05, 3.63) is 29.8 Å². The molecule has 3 aliphatic heterocycles. The molecule has 1 amide bonds. The Hall–Kier alpha value is -1.48. The molecule has 0 unspecified atom stereocenters. The molecule has 3 fully saturated rings. The number of ether oxygens (including phenoxy) is 1. The first-order chi connectivity index (χ1) is 12.4. The lowest BCUT2D eigenvalue weighted by Gasteiger charge is -2.47. The highest BCUT2D eigenvalue weighted by Gasteiger charge is 2.42. The number of rotatable bonds is 3. The second kappa shape index (κ2) is 6.60. The fourth-order valence-corrected chi connectivity index (χ4v) is 5.55. The first-order valence-electron chi connectivity index (χ1n) is 9.19. The number of nitrogens with zero attached hydrogens (tertiary/aromatic N) is 2. The highest BCUT2D eigenvalue weighted by Crippen LogP contribution is 2.37. The third-order valence-corrected chi connectivity index (χ3v) is 7.70. The SMILES string of the molecule is N[C@@H]1CCN(S(=O)(=O)c2cccc(C(=O)N3CCC4(CCO4)CC3)c2)C1. The van der Waals surface area contributed by atoms with Crippen LogP contribution in [0, 0.1) is 0 Å². The smallest absolute Gasteiger partial charge is 0.253 e. The van der Waals surface area contributed by atoms with Crippen LogP contribution >= 0.6 is 0 Å². The summed E-state index contributed by atoms with van der Waals surface area (Å²) >= 11 is 0. The van der Waals surface area contributed by atoms with Gasteiger partial charge < -0.3 is 15.4 Å². The van der Waals surface area contributed by atoms with Crippen LogP contribution < -0.4 is 5.73 Å². The molecule has 3 heterocycles. The zero-order valence-electron chi connectivity index (χ0n) is 14.8. The van der Waals surface area contributed by atoms with Crippen LogP contribution in [0.5, 0.6) is 0 Å². The van der Waals surface area contributed by atoms with Gasteiger partial charge in [-0.1, -0.05) is 6.07 Å². The normalized spacial score (nSPS) is 26.0. The molecule has 4 rings (SSSR count). The van der Waals surface area contributed by atoms with E-state index in [0.29, 0.717) is 38.2 Å². The predicted octanol–water partition coefficient (Wildman–Crippen LogP) is 0.803. The van der Waals surface area contributed by atoms with Crippen LogP contribution in [0.3, 0.4) is 0 Å². The number of carbonyl (C=O) groups excluding carboxylic acids is 1. The monoisotopic (exact) mass is 379 g/mol. The van der Waals surface area contributed by atoms with Crippen molar-refractivity contribution in [1.82, 2.24) is 9.21 Å². The van der Waals surface area contributed by atoms with E-state index < -0.39 is 10.0 Å². The van der Waals surface area contributed by atoms with Crippen LogP contribution in [0.2, 0.25) is 0 Å².